The van der Waals surface area contributed by atoms with Gasteiger partial charge >= 0.3 is 0 Å². The second kappa shape index (κ2) is 4.88. The monoisotopic (exact) mass is 279 g/mol. The summed E-state index contributed by atoms with van der Waals surface area (Å²) in [4.78, 5) is 8.89. The van der Waals surface area contributed by atoms with Crippen molar-refractivity contribution in [1.29, 1.82) is 0 Å². The van der Waals surface area contributed by atoms with E-state index in [-0.39, 0.29) is 6.10 Å². The first-order valence-corrected chi connectivity index (χ1v) is 7.36. The van der Waals surface area contributed by atoms with Gasteiger partial charge in [0.15, 0.2) is 0 Å². The molecule has 0 spiro atoms. The molecule has 0 radical (unpaired) electrons. The van der Waals surface area contributed by atoms with Gasteiger partial charge in [-0.05, 0) is 37.3 Å². The first kappa shape index (κ1) is 12.4. The van der Waals surface area contributed by atoms with Gasteiger partial charge in [0.1, 0.15) is 6.10 Å². The van der Waals surface area contributed by atoms with Crippen LogP contribution in [0.5, 0.6) is 5.88 Å². The van der Waals surface area contributed by atoms with E-state index in [2.05, 4.69) is 34.2 Å². The van der Waals surface area contributed by atoms with Crippen LogP contribution in [0.25, 0.3) is 5.65 Å². The first-order chi connectivity index (χ1) is 10.3. The van der Waals surface area contributed by atoms with Gasteiger partial charge in [-0.25, -0.2) is 9.97 Å². The van der Waals surface area contributed by atoms with Gasteiger partial charge < -0.3 is 9.14 Å². The molecular formula is C17H17N3O. The van der Waals surface area contributed by atoms with Crippen molar-refractivity contribution in [2.45, 2.75) is 32.3 Å². The van der Waals surface area contributed by atoms with Crippen LogP contribution in [0.1, 0.15) is 35.8 Å². The van der Waals surface area contributed by atoms with E-state index in [1.54, 1.807) is 6.20 Å². The minimum absolute atomic E-state index is 0.0747. The van der Waals surface area contributed by atoms with E-state index in [1.165, 1.54) is 11.1 Å². The van der Waals surface area contributed by atoms with Crippen LogP contribution in [0, 0.1) is 6.92 Å². The molecular weight excluding hydrogens is 262 g/mol. The minimum Gasteiger partial charge on any atom is -0.467 e. The summed E-state index contributed by atoms with van der Waals surface area (Å²) in [6, 6.07) is 8.53. The van der Waals surface area contributed by atoms with E-state index in [9.17, 15) is 0 Å². The Labute approximate surface area is 123 Å². The summed E-state index contributed by atoms with van der Waals surface area (Å²) in [5.74, 6) is 0.618. The molecule has 2 heterocycles. The van der Waals surface area contributed by atoms with Crippen molar-refractivity contribution < 1.29 is 4.74 Å². The number of rotatable bonds is 2. The van der Waals surface area contributed by atoms with Crippen molar-refractivity contribution in [3.8, 4) is 5.88 Å². The van der Waals surface area contributed by atoms with Crippen LogP contribution in [-0.2, 0) is 6.42 Å². The number of imidazole rings is 1. The van der Waals surface area contributed by atoms with Crippen LogP contribution >= 0.6 is 0 Å². The maximum absolute atomic E-state index is 6.21. The molecule has 0 N–H and O–H groups in total. The minimum atomic E-state index is 0.0747. The van der Waals surface area contributed by atoms with Gasteiger partial charge in [0.2, 0.25) is 5.65 Å². The molecule has 1 aromatic carbocycles. The van der Waals surface area contributed by atoms with Gasteiger partial charge in [-0.3, -0.25) is 0 Å². The van der Waals surface area contributed by atoms with Crippen LogP contribution < -0.4 is 4.74 Å². The Hall–Kier alpha value is -2.36. The largest absolute Gasteiger partial charge is 0.467 e. The van der Waals surface area contributed by atoms with Crippen molar-refractivity contribution in [2.24, 2.45) is 0 Å². The van der Waals surface area contributed by atoms with E-state index in [0.717, 1.165) is 30.6 Å². The third-order valence-corrected chi connectivity index (χ3v) is 4.03. The predicted octanol–water partition coefficient (Wildman–Crippen LogP) is 3.49. The number of ether oxygens (including phenoxy) is 1. The molecule has 0 saturated heterocycles. The van der Waals surface area contributed by atoms with Crippen molar-refractivity contribution in [3.05, 3.63) is 59.7 Å². The Kier molecular flexibility index (Phi) is 2.88. The number of nitrogens with zero attached hydrogens (tertiary/aromatic N) is 3. The molecule has 1 atom stereocenters. The molecule has 1 aliphatic rings. The normalized spacial score (nSPS) is 17.7. The second-order valence-corrected chi connectivity index (χ2v) is 5.54. The second-order valence-electron chi connectivity index (χ2n) is 5.54. The van der Waals surface area contributed by atoms with Gasteiger partial charge in [0, 0.05) is 18.6 Å². The molecule has 21 heavy (non-hydrogen) atoms. The lowest BCUT2D eigenvalue weighted by atomic mass is 9.89. The fourth-order valence-corrected chi connectivity index (χ4v) is 3.07. The standard InChI is InChI=1S/C17H17N3O/c1-12-11-20-10-9-18-17(16(20)19-12)21-15-8-4-6-13-5-2-3-7-14(13)15/h2-3,5,7,9-11,15H,4,6,8H2,1H3. The third-order valence-electron chi connectivity index (χ3n) is 4.03. The van der Waals surface area contributed by atoms with Crippen LogP contribution in [0.15, 0.2) is 42.9 Å². The lowest BCUT2D eigenvalue weighted by Gasteiger charge is -2.25. The molecule has 4 rings (SSSR count). The van der Waals surface area contributed by atoms with Gasteiger partial charge in [-0.1, -0.05) is 24.3 Å². The number of benzene rings is 1. The molecule has 106 valence electrons. The van der Waals surface area contributed by atoms with E-state index < -0.39 is 0 Å². The predicted molar refractivity (Wildman–Crippen MR) is 80.5 cm³/mol. The highest BCUT2D eigenvalue weighted by Gasteiger charge is 2.22. The maximum atomic E-state index is 6.21. The maximum Gasteiger partial charge on any atom is 0.258 e. The molecule has 0 fully saturated rings. The van der Waals surface area contributed by atoms with E-state index in [4.69, 9.17) is 4.74 Å². The Morgan fingerprint density at radius 2 is 2.19 bits per heavy atom. The summed E-state index contributed by atoms with van der Waals surface area (Å²) in [5, 5.41) is 0. The van der Waals surface area contributed by atoms with E-state index in [1.807, 2.05) is 23.7 Å². The van der Waals surface area contributed by atoms with Crippen molar-refractivity contribution >= 4 is 5.65 Å². The van der Waals surface area contributed by atoms with Crippen molar-refractivity contribution in [1.82, 2.24) is 14.4 Å². The van der Waals surface area contributed by atoms with Crippen LogP contribution in [-0.4, -0.2) is 14.4 Å². The lowest BCUT2D eigenvalue weighted by molar-refractivity contribution is 0.177. The average molecular weight is 279 g/mol. The molecule has 2 aromatic heterocycles. The van der Waals surface area contributed by atoms with Gasteiger partial charge in [0.25, 0.3) is 5.88 Å². The first-order valence-electron chi connectivity index (χ1n) is 7.36. The van der Waals surface area contributed by atoms with Crippen LogP contribution in [0.3, 0.4) is 0 Å². The molecule has 0 aliphatic heterocycles. The number of aromatic nitrogens is 3. The third kappa shape index (κ3) is 2.17. The van der Waals surface area contributed by atoms with E-state index in [0.29, 0.717) is 5.88 Å². The van der Waals surface area contributed by atoms with Gasteiger partial charge in [0.05, 0.1) is 5.69 Å². The zero-order valence-electron chi connectivity index (χ0n) is 12.0. The molecule has 0 amide bonds. The summed E-state index contributed by atoms with van der Waals surface area (Å²) >= 11 is 0. The number of hydrogen-bond acceptors (Lipinski definition) is 3. The smallest absolute Gasteiger partial charge is 0.258 e. The van der Waals surface area contributed by atoms with Crippen LogP contribution in [0.2, 0.25) is 0 Å². The summed E-state index contributed by atoms with van der Waals surface area (Å²) in [5.41, 5.74) is 4.44. The summed E-state index contributed by atoms with van der Waals surface area (Å²) < 4.78 is 8.18. The Balaban J connectivity index is 1.73. The Bertz CT molecular complexity index is 794. The molecule has 4 nitrogen and oxygen atoms in total. The lowest BCUT2D eigenvalue weighted by Crippen LogP contribution is -2.16. The van der Waals surface area contributed by atoms with Crippen molar-refractivity contribution in [3.63, 3.8) is 0 Å². The summed E-state index contributed by atoms with van der Waals surface area (Å²) in [6.07, 6.45) is 9.03. The number of hydrogen-bond donors (Lipinski definition) is 0. The number of aryl methyl sites for hydroxylation is 2. The van der Waals surface area contributed by atoms with Crippen molar-refractivity contribution in [2.75, 3.05) is 0 Å². The molecule has 1 aliphatic carbocycles. The Morgan fingerprint density at radius 1 is 1.29 bits per heavy atom. The summed E-state index contributed by atoms with van der Waals surface area (Å²) in [7, 11) is 0. The highest BCUT2D eigenvalue weighted by atomic mass is 16.5. The molecule has 1 unspecified atom stereocenters. The van der Waals surface area contributed by atoms with E-state index >= 15 is 0 Å². The highest BCUT2D eigenvalue weighted by Crippen LogP contribution is 2.33. The van der Waals surface area contributed by atoms with Gasteiger partial charge in [-0.15, -0.1) is 0 Å². The quantitative estimate of drug-likeness (QED) is 0.721. The Morgan fingerprint density at radius 3 is 3.14 bits per heavy atom. The topological polar surface area (TPSA) is 39.4 Å². The fraction of sp³-hybridized carbons (Fsp3) is 0.294. The SMILES string of the molecule is Cc1cn2ccnc(OC3CCCc4ccccc43)c2n1. The molecule has 4 heteroatoms. The zero-order valence-corrected chi connectivity index (χ0v) is 12.0. The average Bonchev–Trinajstić information content (AvgIpc) is 2.89. The van der Waals surface area contributed by atoms with Crippen LogP contribution in [0.4, 0.5) is 0 Å². The molecule has 0 saturated carbocycles. The zero-order chi connectivity index (χ0) is 14.2. The highest BCUT2D eigenvalue weighted by molar-refractivity contribution is 5.50. The summed E-state index contributed by atoms with van der Waals surface area (Å²) in [6.45, 7) is 1.98. The van der Waals surface area contributed by atoms with Gasteiger partial charge in [-0.2, -0.15) is 0 Å². The fourth-order valence-electron chi connectivity index (χ4n) is 3.07. The molecule has 3 aromatic rings. The number of fused-ring (bicyclic) bond motifs is 2. The molecule has 0 bridgehead atoms.